The minimum absolute atomic E-state index is 0.519. The third-order valence-electron chi connectivity index (χ3n) is 4.68. The van der Waals surface area contributed by atoms with Crippen LogP contribution in [0.25, 0.3) is 0 Å². The van der Waals surface area contributed by atoms with E-state index < -0.39 is 0 Å². The summed E-state index contributed by atoms with van der Waals surface area (Å²) in [5.74, 6) is 1.02. The highest BCUT2D eigenvalue weighted by Gasteiger charge is 2.24. The third-order valence-corrected chi connectivity index (χ3v) is 5.95. The zero-order valence-electron chi connectivity index (χ0n) is 14.5. The summed E-state index contributed by atoms with van der Waals surface area (Å²) in [5.41, 5.74) is 1.01. The molecule has 2 heterocycles. The Labute approximate surface area is 163 Å². The average Bonchev–Trinajstić information content (AvgIpc) is 2.65. The molecule has 3 rings (SSSR count). The summed E-state index contributed by atoms with van der Waals surface area (Å²) in [7, 11) is 2.15. The van der Waals surface area contributed by atoms with Crippen molar-refractivity contribution in [2.45, 2.75) is 30.6 Å². The number of hydrogen-bond acceptors (Lipinski definition) is 5. The van der Waals surface area contributed by atoms with Crippen LogP contribution in [-0.2, 0) is 6.54 Å². The molecule has 0 aliphatic carbocycles. The Hall–Kier alpha value is -1.01. The van der Waals surface area contributed by atoms with Crippen molar-refractivity contribution in [3.8, 4) is 0 Å². The number of aromatic nitrogens is 2. The molecule has 0 spiro atoms. The summed E-state index contributed by atoms with van der Waals surface area (Å²) < 4.78 is 0. The van der Waals surface area contributed by atoms with Gasteiger partial charge in [0, 0.05) is 47.5 Å². The average molecular weight is 397 g/mol. The van der Waals surface area contributed by atoms with Gasteiger partial charge in [-0.2, -0.15) is 0 Å². The van der Waals surface area contributed by atoms with E-state index in [1.54, 1.807) is 11.8 Å². The lowest BCUT2D eigenvalue weighted by molar-refractivity contribution is 0.200. The summed E-state index contributed by atoms with van der Waals surface area (Å²) in [4.78, 5) is 13.6. The quantitative estimate of drug-likeness (QED) is 0.544. The molecule has 0 unspecified atom stereocenters. The fourth-order valence-corrected chi connectivity index (χ4v) is 4.07. The van der Waals surface area contributed by atoms with Crippen LogP contribution >= 0.6 is 35.0 Å². The highest BCUT2D eigenvalue weighted by molar-refractivity contribution is 7.98. The van der Waals surface area contributed by atoms with Crippen molar-refractivity contribution in [1.29, 1.82) is 0 Å². The molecular formula is C18H22Cl2N4S. The van der Waals surface area contributed by atoms with Crippen molar-refractivity contribution in [1.82, 2.24) is 14.9 Å². The van der Waals surface area contributed by atoms with Crippen molar-refractivity contribution in [3.05, 3.63) is 46.1 Å². The van der Waals surface area contributed by atoms with Gasteiger partial charge in [-0.3, -0.25) is 4.90 Å². The van der Waals surface area contributed by atoms with Crippen LogP contribution in [-0.4, -0.2) is 47.3 Å². The topological polar surface area (TPSA) is 32.3 Å². The Balaban J connectivity index is 1.60. The molecule has 1 aromatic heterocycles. The lowest BCUT2D eigenvalue weighted by atomic mass is 10.0. The number of thioether (sulfide) groups is 1. The number of benzene rings is 1. The van der Waals surface area contributed by atoms with Crippen molar-refractivity contribution < 1.29 is 0 Å². The first-order chi connectivity index (χ1) is 12.1. The first-order valence-electron chi connectivity index (χ1n) is 8.33. The van der Waals surface area contributed by atoms with Gasteiger partial charge in [-0.25, -0.2) is 9.97 Å². The number of nitrogens with zero attached hydrogens (tertiary/aromatic N) is 4. The normalized spacial score (nSPS) is 15.8. The Bertz CT molecular complexity index is 700. The minimum Gasteiger partial charge on any atom is -0.356 e. The highest BCUT2D eigenvalue weighted by Crippen LogP contribution is 2.28. The monoisotopic (exact) mass is 396 g/mol. The summed E-state index contributed by atoms with van der Waals surface area (Å²) in [6.07, 6.45) is 6.03. The SMILES string of the molecule is CSc1nccc(N2CCC(N(C)Cc3c(Cl)cccc3Cl)CC2)n1. The molecule has 1 aliphatic heterocycles. The van der Waals surface area contributed by atoms with Gasteiger partial charge in [-0.1, -0.05) is 41.0 Å². The van der Waals surface area contributed by atoms with E-state index in [0.29, 0.717) is 6.04 Å². The molecule has 4 nitrogen and oxygen atoms in total. The Morgan fingerprint density at radius 3 is 2.52 bits per heavy atom. The molecule has 0 saturated carbocycles. The van der Waals surface area contributed by atoms with Crippen LogP contribution in [0.4, 0.5) is 5.82 Å². The highest BCUT2D eigenvalue weighted by atomic mass is 35.5. The van der Waals surface area contributed by atoms with Crippen LogP contribution in [0.3, 0.4) is 0 Å². The summed E-state index contributed by atoms with van der Waals surface area (Å²) in [5, 5.41) is 2.30. The van der Waals surface area contributed by atoms with Crippen LogP contribution < -0.4 is 4.90 Å². The van der Waals surface area contributed by atoms with Gasteiger partial charge in [-0.05, 0) is 44.3 Å². The third kappa shape index (κ3) is 4.59. The maximum Gasteiger partial charge on any atom is 0.189 e. The van der Waals surface area contributed by atoms with E-state index in [4.69, 9.17) is 23.2 Å². The van der Waals surface area contributed by atoms with Gasteiger partial charge in [0.05, 0.1) is 0 Å². The second-order valence-corrected chi connectivity index (χ2v) is 7.82. The van der Waals surface area contributed by atoms with E-state index >= 15 is 0 Å². The predicted octanol–water partition coefficient (Wildman–Crippen LogP) is 4.61. The van der Waals surface area contributed by atoms with Gasteiger partial charge in [0.1, 0.15) is 5.82 Å². The minimum atomic E-state index is 0.519. The molecule has 7 heteroatoms. The van der Waals surface area contributed by atoms with E-state index in [1.165, 1.54) is 0 Å². The Morgan fingerprint density at radius 1 is 1.20 bits per heavy atom. The number of rotatable bonds is 5. The zero-order chi connectivity index (χ0) is 17.8. The van der Waals surface area contributed by atoms with Crippen LogP contribution in [0.15, 0.2) is 35.6 Å². The number of piperidine rings is 1. The summed E-state index contributed by atoms with van der Waals surface area (Å²) in [6.45, 7) is 2.76. The maximum absolute atomic E-state index is 6.31. The van der Waals surface area contributed by atoms with Gasteiger partial charge in [0.15, 0.2) is 5.16 Å². The van der Waals surface area contributed by atoms with Gasteiger partial charge in [0.2, 0.25) is 0 Å². The molecule has 0 amide bonds. The lowest BCUT2D eigenvalue weighted by Crippen LogP contribution is -2.43. The van der Waals surface area contributed by atoms with Gasteiger partial charge < -0.3 is 4.90 Å². The molecule has 134 valence electrons. The summed E-state index contributed by atoms with van der Waals surface area (Å²) in [6, 6.07) is 8.20. The Morgan fingerprint density at radius 2 is 1.88 bits per heavy atom. The van der Waals surface area contributed by atoms with E-state index in [1.807, 2.05) is 36.7 Å². The van der Waals surface area contributed by atoms with Gasteiger partial charge in [0.25, 0.3) is 0 Å². The van der Waals surface area contributed by atoms with Crippen LogP contribution in [0, 0.1) is 0 Å². The van der Waals surface area contributed by atoms with Crippen molar-refractivity contribution >= 4 is 40.8 Å². The molecule has 1 aliphatic rings. The second-order valence-electron chi connectivity index (χ2n) is 6.24. The fourth-order valence-electron chi connectivity index (χ4n) is 3.20. The van der Waals surface area contributed by atoms with Gasteiger partial charge >= 0.3 is 0 Å². The first kappa shape index (κ1) is 18.8. The molecule has 1 fully saturated rings. The standard InChI is InChI=1S/C18H22Cl2N4S/c1-23(12-14-15(19)4-3-5-16(14)20)13-7-10-24(11-8-13)17-6-9-21-18(22-17)25-2/h3-6,9,13H,7-8,10-12H2,1-2H3. The zero-order valence-corrected chi connectivity index (χ0v) is 16.8. The van der Waals surface area contributed by atoms with E-state index in [2.05, 4.69) is 26.8 Å². The number of hydrogen-bond donors (Lipinski definition) is 0. The molecule has 1 aromatic carbocycles. The van der Waals surface area contributed by atoms with E-state index in [0.717, 1.165) is 59.1 Å². The number of halogens is 2. The summed E-state index contributed by atoms with van der Waals surface area (Å²) >= 11 is 14.2. The smallest absolute Gasteiger partial charge is 0.189 e. The fraction of sp³-hybridized carbons (Fsp3) is 0.444. The second kappa shape index (κ2) is 8.58. The lowest BCUT2D eigenvalue weighted by Gasteiger charge is -2.37. The molecular weight excluding hydrogens is 375 g/mol. The largest absolute Gasteiger partial charge is 0.356 e. The van der Waals surface area contributed by atoms with E-state index in [-0.39, 0.29) is 0 Å². The first-order valence-corrected chi connectivity index (χ1v) is 10.3. The predicted molar refractivity (Wildman–Crippen MR) is 107 cm³/mol. The molecule has 0 radical (unpaired) electrons. The Kier molecular flexibility index (Phi) is 6.44. The van der Waals surface area contributed by atoms with Crippen molar-refractivity contribution in [2.75, 3.05) is 31.3 Å². The molecule has 0 N–H and O–H groups in total. The van der Waals surface area contributed by atoms with Crippen molar-refractivity contribution in [2.24, 2.45) is 0 Å². The molecule has 25 heavy (non-hydrogen) atoms. The van der Waals surface area contributed by atoms with Crippen LogP contribution in [0.2, 0.25) is 10.0 Å². The molecule has 1 saturated heterocycles. The number of anilines is 1. The van der Waals surface area contributed by atoms with Crippen molar-refractivity contribution in [3.63, 3.8) is 0 Å². The molecule has 0 atom stereocenters. The van der Waals surface area contributed by atoms with Crippen LogP contribution in [0.1, 0.15) is 18.4 Å². The van der Waals surface area contributed by atoms with E-state index in [9.17, 15) is 0 Å². The maximum atomic E-state index is 6.31. The molecule has 2 aromatic rings. The molecule has 0 bridgehead atoms. The van der Waals surface area contributed by atoms with Crippen LogP contribution in [0.5, 0.6) is 0 Å². The van der Waals surface area contributed by atoms with Gasteiger partial charge in [-0.15, -0.1) is 0 Å².